The molecular formula is C15H23BrN2O. The molecule has 2 rings (SSSR count). The van der Waals surface area contributed by atoms with E-state index in [1.54, 1.807) is 0 Å². The molecule has 0 aliphatic carbocycles. The second-order valence-corrected chi connectivity index (χ2v) is 6.70. The highest BCUT2D eigenvalue weighted by Gasteiger charge is 2.29. The average molecular weight is 327 g/mol. The molecule has 0 N–H and O–H groups in total. The van der Waals surface area contributed by atoms with Gasteiger partial charge in [-0.3, -0.25) is 4.79 Å². The highest BCUT2D eigenvalue weighted by atomic mass is 79.9. The van der Waals surface area contributed by atoms with E-state index in [1.807, 2.05) is 17.2 Å². The minimum atomic E-state index is 0.183. The van der Waals surface area contributed by atoms with E-state index in [0.717, 1.165) is 42.6 Å². The van der Waals surface area contributed by atoms with Crippen LogP contribution in [0.15, 0.2) is 16.7 Å². The lowest BCUT2D eigenvalue weighted by Gasteiger charge is -2.19. The molecule has 2 heterocycles. The fraction of sp³-hybridized carbons (Fsp3) is 0.667. The van der Waals surface area contributed by atoms with Crippen molar-refractivity contribution in [1.82, 2.24) is 9.47 Å². The molecule has 1 aliphatic rings. The number of rotatable bonds is 4. The topological polar surface area (TPSA) is 25.2 Å². The third-order valence-electron chi connectivity index (χ3n) is 4.00. The van der Waals surface area contributed by atoms with Crippen LogP contribution in [0.2, 0.25) is 0 Å². The van der Waals surface area contributed by atoms with Gasteiger partial charge in [-0.15, -0.1) is 0 Å². The van der Waals surface area contributed by atoms with Gasteiger partial charge in [-0.2, -0.15) is 0 Å². The Morgan fingerprint density at radius 3 is 2.84 bits per heavy atom. The van der Waals surface area contributed by atoms with Gasteiger partial charge in [0.15, 0.2) is 0 Å². The Hall–Kier alpha value is -0.770. The lowest BCUT2D eigenvalue weighted by atomic mass is 9.95. The van der Waals surface area contributed by atoms with Crippen LogP contribution in [0.5, 0.6) is 0 Å². The van der Waals surface area contributed by atoms with E-state index in [2.05, 4.69) is 41.3 Å². The zero-order valence-electron chi connectivity index (χ0n) is 12.0. The SMILES string of the molecule is CCCn1cc(Br)cc1C(=O)N1CCC(C(C)C)C1. The smallest absolute Gasteiger partial charge is 0.270 e. The standard InChI is InChI=1S/C15H23BrN2O/c1-4-6-17-10-13(16)8-14(17)15(19)18-7-5-12(9-18)11(2)3/h8,10-12H,4-7,9H2,1-3H3. The van der Waals surface area contributed by atoms with Crippen LogP contribution in [-0.4, -0.2) is 28.5 Å². The van der Waals surface area contributed by atoms with E-state index in [4.69, 9.17) is 0 Å². The summed E-state index contributed by atoms with van der Waals surface area (Å²) in [7, 11) is 0. The molecule has 0 aromatic carbocycles. The number of hydrogen-bond donors (Lipinski definition) is 0. The molecule has 1 aromatic heterocycles. The maximum atomic E-state index is 12.6. The fourth-order valence-electron chi connectivity index (χ4n) is 2.76. The lowest BCUT2D eigenvalue weighted by Crippen LogP contribution is -2.31. The first kappa shape index (κ1) is 14.6. The van der Waals surface area contributed by atoms with Gasteiger partial charge in [-0.1, -0.05) is 20.8 Å². The number of amides is 1. The molecule has 0 radical (unpaired) electrons. The molecule has 3 nitrogen and oxygen atoms in total. The van der Waals surface area contributed by atoms with Crippen molar-refractivity contribution in [2.24, 2.45) is 11.8 Å². The van der Waals surface area contributed by atoms with E-state index < -0.39 is 0 Å². The van der Waals surface area contributed by atoms with Gasteiger partial charge in [0, 0.05) is 30.3 Å². The number of halogens is 1. The van der Waals surface area contributed by atoms with Crippen LogP contribution in [0.3, 0.4) is 0 Å². The maximum absolute atomic E-state index is 12.6. The molecule has 1 aliphatic heterocycles. The molecule has 0 saturated carbocycles. The molecular weight excluding hydrogens is 304 g/mol. The largest absolute Gasteiger partial charge is 0.342 e. The van der Waals surface area contributed by atoms with Gasteiger partial charge in [0.25, 0.3) is 5.91 Å². The summed E-state index contributed by atoms with van der Waals surface area (Å²) in [5, 5.41) is 0. The third-order valence-corrected chi connectivity index (χ3v) is 4.44. The van der Waals surface area contributed by atoms with Crippen molar-refractivity contribution in [2.75, 3.05) is 13.1 Å². The van der Waals surface area contributed by atoms with Crippen LogP contribution in [0.1, 0.15) is 44.1 Å². The van der Waals surface area contributed by atoms with Gasteiger partial charge in [0.1, 0.15) is 5.69 Å². The fourth-order valence-corrected chi connectivity index (χ4v) is 3.22. The first-order valence-corrected chi connectivity index (χ1v) is 7.97. The number of aromatic nitrogens is 1. The van der Waals surface area contributed by atoms with Gasteiger partial charge in [-0.25, -0.2) is 0 Å². The normalized spacial score (nSPS) is 19.4. The minimum absolute atomic E-state index is 0.183. The third kappa shape index (κ3) is 3.22. The summed E-state index contributed by atoms with van der Waals surface area (Å²) in [5.74, 6) is 1.50. The predicted molar refractivity (Wildman–Crippen MR) is 81.3 cm³/mol. The van der Waals surface area contributed by atoms with Gasteiger partial charge in [0.2, 0.25) is 0 Å². The van der Waals surface area contributed by atoms with Gasteiger partial charge in [-0.05, 0) is 46.7 Å². The van der Waals surface area contributed by atoms with Gasteiger partial charge in [0.05, 0.1) is 0 Å². The predicted octanol–water partition coefficient (Wildman–Crippen LogP) is 3.78. The molecule has 0 bridgehead atoms. The van der Waals surface area contributed by atoms with Crippen LogP contribution >= 0.6 is 15.9 Å². The molecule has 1 aromatic rings. The van der Waals surface area contributed by atoms with E-state index in [-0.39, 0.29) is 5.91 Å². The van der Waals surface area contributed by atoms with Crippen LogP contribution in [0, 0.1) is 11.8 Å². The Morgan fingerprint density at radius 2 is 2.26 bits per heavy atom. The second kappa shape index (κ2) is 6.12. The van der Waals surface area contributed by atoms with Crippen molar-refractivity contribution in [3.8, 4) is 0 Å². The van der Waals surface area contributed by atoms with Crippen LogP contribution in [-0.2, 0) is 6.54 Å². The van der Waals surface area contributed by atoms with E-state index in [1.165, 1.54) is 0 Å². The Bertz CT molecular complexity index is 453. The molecule has 0 spiro atoms. The number of hydrogen-bond acceptors (Lipinski definition) is 1. The molecule has 19 heavy (non-hydrogen) atoms. The summed E-state index contributed by atoms with van der Waals surface area (Å²) in [6.07, 6.45) is 4.18. The summed E-state index contributed by atoms with van der Waals surface area (Å²) in [4.78, 5) is 14.6. The molecule has 1 amide bonds. The molecule has 1 saturated heterocycles. The Kier molecular flexibility index (Phi) is 4.71. The number of aryl methyl sites for hydroxylation is 1. The van der Waals surface area contributed by atoms with E-state index in [0.29, 0.717) is 11.8 Å². The first-order chi connectivity index (χ1) is 9.02. The maximum Gasteiger partial charge on any atom is 0.270 e. The highest BCUT2D eigenvalue weighted by Crippen LogP contribution is 2.26. The Labute approximate surface area is 124 Å². The average Bonchev–Trinajstić information content (AvgIpc) is 2.95. The van der Waals surface area contributed by atoms with Crippen molar-refractivity contribution in [3.63, 3.8) is 0 Å². The molecule has 4 heteroatoms. The Morgan fingerprint density at radius 1 is 1.53 bits per heavy atom. The van der Waals surface area contributed by atoms with Gasteiger partial charge >= 0.3 is 0 Å². The second-order valence-electron chi connectivity index (χ2n) is 5.78. The summed E-state index contributed by atoms with van der Waals surface area (Å²) >= 11 is 3.47. The van der Waals surface area contributed by atoms with Crippen molar-refractivity contribution in [2.45, 2.75) is 40.2 Å². The lowest BCUT2D eigenvalue weighted by molar-refractivity contribution is 0.0773. The molecule has 1 atom stereocenters. The summed E-state index contributed by atoms with van der Waals surface area (Å²) < 4.78 is 3.05. The zero-order valence-corrected chi connectivity index (χ0v) is 13.6. The number of carbonyl (C=O) groups is 1. The molecule has 1 unspecified atom stereocenters. The summed E-state index contributed by atoms with van der Waals surface area (Å²) in [5.41, 5.74) is 0.818. The first-order valence-electron chi connectivity index (χ1n) is 7.17. The van der Waals surface area contributed by atoms with Crippen molar-refractivity contribution in [3.05, 3.63) is 22.4 Å². The van der Waals surface area contributed by atoms with Crippen molar-refractivity contribution >= 4 is 21.8 Å². The summed E-state index contributed by atoms with van der Waals surface area (Å²) in [6, 6.07) is 1.95. The number of nitrogens with zero attached hydrogens (tertiary/aromatic N) is 2. The van der Waals surface area contributed by atoms with Gasteiger partial charge < -0.3 is 9.47 Å². The monoisotopic (exact) mass is 326 g/mol. The van der Waals surface area contributed by atoms with Crippen molar-refractivity contribution in [1.29, 1.82) is 0 Å². The quantitative estimate of drug-likeness (QED) is 0.826. The van der Waals surface area contributed by atoms with E-state index in [9.17, 15) is 4.79 Å². The van der Waals surface area contributed by atoms with E-state index >= 15 is 0 Å². The minimum Gasteiger partial charge on any atom is -0.342 e. The van der Waals surface area contributed by atoms with Crippen LogP contribution in [0.4, 0.5) is 0 Å². The molecule has 1 fully saturated rings. The van der Waals surface area contributed by atoms with Crippen LogP contribution < -0.4 is 0 Å². The number of carbonyl (C=O) groups excluding carboxylic acids is 1. The highest BCUT2D eigenvalue weighted by molar-refractivity contribution is 9.10. The Balaban J connectivity index is 2.12. The van der Waals surface area contributed by atoms with Crippen LogP contribution in [0.25, 0.3) is 0 Å². The molecule has 106 valence electrons. The summed E-state index contributed by atoms with van der Waals surface area (Å²) in [6.45, 7) is 9.33. The zero-order chi connectivity index (χ0) is 14.0. The number of likely N-dealkylation sites (tertiary alicyclic amines) is 1. The van der Waals surface area contributed by atoms with Crippen molar-refractivity contribution < 1.29 is 4.79 Å².